The van der Waals surface area contributed by atoms with Crippen LogP contribution in [0.1, 0.15) is 30.7 Å². The van der Waals surface area contributed by atoms with Gasteiger partial charge in [0.25, 0.3) is 0 Å². The number of piperidine rings is 1. The van der Waals surface area contributed by atoms with Crippen LogP contribution in [-0.4, -0.2) is 30.1 Å². The van der Waals surface area contributed by atoms with Crippen LogP contribution in [0.4, 0.5) is 11.6 Å². The van der Waals surface area contributed by atoms with Crippen LogP contribution >= 0.6 is 0 Å². The lowest BCUT2D eigenvalue weighted by Gasteiger charge is -2.29. The van der Waals surface area contributed by atoms with Gasteiger partial charge in [-0.15, -0.1) is 0 Å². The van der Waals surface area contributed by atoms with E-state index in [1.165, 1.54) is 19.3 Å². The molecule has 0 spiro atoms. The highest BCUT2D eigenvalue weighted by atomic mass is 15.2. The first-order valence-electron chi connectivity index (χ1n) is 6.00. The van der Waals surface area contributed by atoms with Crippen molar-refractivity contribution in [3.63, 3.8) is 0 Å². The van der Waals surface area contributed by atoms with E-state index in [0.717, 1.165) is 36.1 Å². The Hall–Kier alpha value is -1.32. The number of nitrogens with one attached hydrogen (secondary N) is 1. The molecule has 0 saturated carbocycles. The maximum atomic E-state index is 4.58. The Morgan fingerprint density at radius 1 is 1.06 bits per heavy atom. The minimum atomic E-state index is 0.843. The van der Waals surface area contributed by atoms with Crippen molar-refractivity contribution in [2.75, 3.05) is 30.4 Å². The zero-order valence-electron chi connectivity index (χ0n) is 10.4. The highest BCUT2D eigenvalue weighted by Crippen LogP contribution is 2.25. The fourth-order valence-corrected chi connectivity index (χ4v) is 2.27. The molecule has 2 heterocycles. The first-order valence-corrected chi connectivity index (χ1v) is 6.00. The summed E-state index contributed by atoms with van der Waals surface area (Å²) in [5.74, 6) is 2.90. The van der Waals surface area contributed by atoms with Gasteiger partial charge in [0.05, 0.1) is 0 Å². The Morgan fingerprint density at radius 2 is 1.75 bits per heavy atom. The van der Waals surface area contributed by atoms with Gasteiger partial charge in [-0.05, 0) is 33.1 Å². The summed E-state index contributed by atoms with van der Waals surface area (Å²) in [7, 11) is 1.91. The third-order valence-corrected chi connectivity index (χ3v) is 3.12. The van der Waals surface area contributed by atoms with E-state index in [-0.39, 0.29) is 0 Å². The molecule has 0 aromatic carbocycles. The molecule has 4 nitrogen and oxygen atoms in total. The molecule has 1 N–H and O–H groups in total. The van der Waals surface area contributed by atoms with Crippen molar-refractivity contribution in [3.05, 3.63) is 11.4 Å². The molecule has 2 rings (SSSR count). The van der Waals surface area contributed by atoms with E-state index in [9.17, 15) is 0 Å². The number of aromatic nitrogens is 2. The maximum Gasteiger partial charge on any atom is 0.137 e. The van der Waals surface area contributed by atoms with E-state index < -0.39 is 0 Å². The molecule has 0 unspecified atom stereocenters. The lowest BCUT2D eigenvalue weighted by Crippen LogP contribution is -2.31. The third-order valence-electron chi connectivity index (χ3n) is 3.12. The monoisotopic (exact) mass is 220 g/mol. The Bertz CT molecular complexity index is 370. The van der Waals surface area contributed by atoms with Crippen molar-refractivity contribution in [2.24, 2.45) is 0 Å². The SMILES string of the molecule is CNc1nc(C)nc(N2CCCCC2)c1C. The first-order chi connectivity index (χ1) is 7.72. The number of nitrogens with zero attached hydrogens (tertiary/aromatic N) is 3. The Balaban J connectivity index is 2.34. The highest BCUT2D eigenvalue weighted by Gasteiger charge is 2.17. The molecule has 1 aromatic rings. The summed E-state index contributed by atoms with van der Waals surface area (Å²) in [6.45, 7) is 6.30. The molecule has 1 aliphatic rings. The molecule has 1 aliphatic heterocycles. The summed E-state index contributed by atoms with van der Waals surface area (Å²) in [5, 5.41) is 3.14. The summed E-state index contributed by atoms with van der Waals surface area (Å²) in [6.07, 6.45) is 3.90. The van der Waals surface area contributed by atoms with Crippen molar-refractivity contribution in [1.82, 2.24) is 9.97 Å². The zero-order chi connectivity index (χ0) is 11.5. The van der Waals surface area contributed by atoms with Crippen LogP contribution in [0.5, 0.6) is 0 Å². The number of aryl methyl sites for hydroxylation is 1. The average Bonchev–Trinajstić information content (AvgIpc) is 2.33. The smallest absolute Gasteiger partial charge is 0.137 e. The van der Waals surface area contributed by atoms with Gasteiger partial charge in [-0.1, -0.05) is 0 Å². The van der Waals surface area contributed by atoms with Crippen molar-refractivity contribution in [2.45, 2.75) is 33.1 Å². The van der Waals surface area contributed by atoms with Crippen molar-refractivity contribution in [3.8, 4) is 0 Å². The van der Waals surface area contributed by atoms with Crippen LogP contribution in [0, 0.1) is 13.8 Å². The molecule has 1 aromatic heterocycles. The maximum absolute atomic E-state index is 4.58. The largest absolute Gasteiger partial charge is 0.373 e. The number of hydrogen-bond donors (Lipinski definition) is 1. The van der Waals surface area contributed by atoms with Gasteiger partial charge in [0.15, 0.2) is 0 Å². The van der Waals surface area contributed by atoms with Gasteiger partial charge in [0, 0.05) is 25.7 Å². The standard InChI is InChI=1S/C12H20N4/c1-9-11(13-3)14-10(2)15-12(9)16-7-5-4-6-8-16/h4-8H2,1-3H3,(H,13,14,15). The fraction of sp³-hybridized carbons (Fsp3) is 0.667. The predicted molar refractivity (Wildman–Crippen MR) is 67.1 cm³/mol. The van der Waals surface area contributed by atoms with Crippen LogP contribution in [-0.2, 0) is 0 Å². The van der Waals surface area contributed by atoms with Crippen LogP contribution in [0.3, 0.4) is 0 Å². The second kappa shape index (κ2) is 4.68. The summed E-state index contributed by atoms with van der Waals surface area (Å²) >= 11 is 0. The summed E-state index contributed by atoms with van der Waals surface area (Å²) in [4.78, 5) is 11.4. The van der Waals surface area contributed by atoms with Crippen molar-refractivity contribution < 1.29 is 0 Å². The fourth-order valence-electron chi connectivity index (χ4n) is 2.27. The van der Waals surface area contributed by atoms with Gasteiger partial charge in [-0.3, -0.25) is 0 Å². The third kappa shape index (κ3) is 2.10. The van der Waals surface area contributed by atoms with E-state index in [0.29, 0.717) is 0 Å². The first kappa shape index (κ1) is 11.2. The van der Waals surface area contributed by atoms with Crippen LogP contribution in [0.2, 0.25) is 0 Å². The zero-order valence-corrected chi connectivity index (χ0v) is 10.4. The highest BCUT2D eigenvalue weighted by molar-refractivity contribution is 5.58. The number of anilines is 2. The van der Waals surface area contributed by atoms with Gasteiger partial charge in [0.2, 0.25) is 0 Å². The predicted octanol–water partition coefficient (Wildman–Crippen LogP) is 2.13. The van der Waals surface area contributed by atoms with Gasteiger partial charge in [0.1, 0.15) is 17.5 Å². The molecule has 1 fully saturated rings. The van der Waals surface area contributed by atoms with Crippen molar-refractivity contribution >= 4 is 11.6 Å². The normalized spacial score (nSPS) is 16.3. The van der Waals surface area contributed by atoms with Crippen molar-refractivity contribution in [1.29, 1.82) is 0 Å². The summed E-state index contributed by atoms with van der Waals surface area (Å²) in [5.41, 5.74) is 1.16. The Kier molecular flexibility index (Phi) is 3.27. The molecular weight excluding hydrogens is 200 g/mol. The minimum absolute atomic E-state index is 0.843. The molecule has 16 heavy (non-hydrogen) atoms. The molecule has 88 valence electrons. The second-order valence-electron chi connectivity index (χ2n) is 4.37. The summed E-state index contributed by atoms with van der Waals surface area (Å²) in [6, 6.07) is 0. The van der Waals surface area contributed by atoms with Gasteiger partial charge < -0.3 is 10.2 Å². The van der Waals surface area contributed by atoms with Crippen LogP contribution < -0.4 is 10.2 Å². The molecule has 0 aliphatic carbocycles. The molecule has 0 radical (unpaired) electrons. The van der Waals surface area contributed by atoms with Gasteiger partial charge in [-0.25, -0.2) is 9.97 Å². The lowest BCUT2D eigenvalue weighted by molar-refractivity contribution is 0.571. The second-order valence-corrected chi connectivity index (χ2v) is 4.37. The van der Waals surface area contributed by atoms with E-state index in [2.05, 4.69) is 27.1 Å². The quantitative estimate of drug-likeness (QED) is 0.829. The number of rotatable bonds is 2. The molecular formula is C12H20N4. The van der Waals surface area contributed by atoms with Crippen LogP contribution in [0.25, 0.3) is 0 Å². The molecule has 0 amide bonds. The van der Waals surface area contributed by atoms with Gasteiger partial charge >= 0.3 is 0 Å². The Morgan fingerprint density at radius 3 is 2.38 bits per heavy atom. The minimum Gasteiger partial charge on any atom is -0.373 e. The van der Waals surface area contributed by atoms with E-state index in [1.54, 1.807) is 0 Å². The number of hydrogen-bond acceptors (Lipinski definition) is 4. The van der Waals surface area contributed by atoms with Crippen LogP contribution in [0.15, 0.2) is 0 Å². The molecule has 0 bridgehead atoms. The van der Waals surface area contributed by atoms with E-state index >= 15 is 0 Å². The lowest BCUT2D eigenvalue weighted by atomic mass is 10.1. The molecule has 1 saturated heterocycles. The van der Waals surface area contributed by atoms with E-state index in [1.807, 2.05) is 14.0 Å². The molecule has 4 heteroatoms. The average molecular weight is 220 g/mol. The summed E-state index contributed by atoms with van der Waals surface area (Å²) < 4.78 is 0. The topological polar surface area (TPSA) is 41.1 Å². The van der Waals surface area contributed by atoms with Gasteiger partial charge in [-0.2, -0.15) is 0 Å². The van der Waals surface area contributed by atoms with E-state index in [4.69, 9.17) is 0 Å². The molecule has 0 atom stereocenters. The Labute approximate surface area is 97.1 Å².